The van der Waals surface area contributed by atoms with Crippen LogP contribution < -0.4 is 10.1 Å². The van der Waals surface area contributed by atoms with Crippen LogP contribution in [0.15, 0.2) is 22.7 Å². The molecule has 0 amide bonds. The van der Waals surface area contributed by atoms with Gasteiger partial charge in [0.25, 0.3) is 0 Å². The number of benzene rings is 1. The van der Waals surface area contributed by atoms with Crippen molar-refractivity contribution in [2.24, 2.45) is 0 Å². The van der Waals surface area contributed by atoms with Crippen LogP contribution >= 0.6 is 15.9 Å². The average Bonchev–Trinajstić information content (AvgIpc) is 2.28. The second kappa shape index (κ2) is 6.83. The fourth-order valence-corrected chi connectivity index (χ4v) is 1.84. The fourth-order valence-electron chi connectivity index (χ4n) is 1.50. The van der Waals surface area contributed by atoms with Crippen LogP contribution in [0.3, 0.4) is 0 Å². The summed E-state index contributed by atoms with van der Waals surface area (Å²) in [5, 5.41) is 11.4. The summed E-state index contributed by atoms with van der Waals surface area (Å²) in [5.41, 5.74) is 0.156. The van der Waals surface area contributed by atoms with E-state index in [0.29, 0.717) is 4.47 Å². The highest BCUT2D eigenvalue weighted by molar-refractivity contribution is 9.10. The van der Waals surface area contributed by atoms with Crippen molar-refractivity contribution in [3.05, 3.63) is 22.7 Å². The Balaban J connectivity index is 2.80. The third kappa shape index (κ3) is 6.14. The van der Waals surface area contributed by atoms with Crippen LogP contribution in [-0.4, -0.2) is 23.5 Å². The van der Waals surface area contributed by atoms with E-state index in [9.17, 15) is 18.0 Å². The average molecular weight is 356 g/mol. The Morgan fingerprint density at radius 3 is 2.70 bits per heavy atom. The van der Waals surface area contributed by atoms with Gasteiger partial charge in [-0.05, 0) is 31.5 Å². The lowest BCUT2D eigenvalue weighted by molar-refractivity contribution is -0.274. The summed E-state index contributed by atoms with van der Waals surface area (Å²) in [6.07, 6.45) is -4.57. The number of nitrogens with one attached hydrogen (secondary N) is 1. The number of hydrogen-bond acceptors (Lipinski definition) is 3. The van der Waals surface area contributed by atoms with E-state index in [2.05, 4.69) is 26.0 Å². The molecule has 0 aliphatic rings. The summed E-state index contributed by atoms with van der Waals surface area (Å²) in [6, 6.07) is 3.89. The first-order chi connectivity index (χ1) is 9.17. The molecule has 2 N–H and O–H groups in total. The molecule has 20 heavy (non-hydrogen) atoms. The summed E-state index contributed by atoms with van der Waals surface area (Å²) >= 11 is 3.07. The molecule has 1 aromatic rings. The number of alkyl halides is 3. The van der Waals surface area contributed by atoms with E-state index in [1.807, 2.05) is 0 Å². The zero-order valence-corrected chi connectivity index (χ0v) is 12.1. The van der Waals surface area contributed by atoms with Crippen molar-refractivity contribution in [3.63, 3.8) is 0 Å². The normalized spacial score (nSPS) is 12.8. The van der Waals surface area contributed by atoms with Gasteiger partial charge in [0.15, 0.2) is 5.75 Å². The van der Waals surface area contributed by atoms with Crippen LogP contribution in [0, 0.1) is 0 Å². The number of carbonyl (C=O) groups is 1. The van der Waals surface area contributed by atoms with Crippen LogP contribution in [0.2, 0.25) is 0 Å². The van der Waals surface area contributed by atoms with Gasteiger partial charge in [-0.15, -0.1) is 13.2 Å². The zero-order valence-electron chi connectivity index (χ0n) is 10.5. The molecule has 0 spiro atoms. The number of carboxylic acid groups (broad SMARTS) is 1. The van der Waals surface area contributed by atoms with Crippen molar-refractivity contribution in [1.29, 1.82) is 0 Å². The predicted molar refractivity (Wildman–Crippen MR) is 70.8 cm³/mol. The number of anilines is 1. The van der Waals surface area contributed by atoms with Gasteiger partial charge in [0.2, 0.25) is 0 Å². The van der Waals surface area contributed by atoms with Gasteiger partial charge in [0, 0.05) is 16.9 Å². The molecule has 0 radical (unpaired) electrons. The molecule has 0 aliphatic carbocycles. The highest BCUT2D eigenvalue weighted by atomic mass is 79.9. The third-order valence-corrected chi connectivity index (χ3v) is 2.86. The largest absolute Gasteiger partial charge is 0.573 e. The quantitative estimate of drug-likeness (QED) is 0.809. The number of carboxylic acids is 1. The number of ether oxygens (including phenoxy) is 1. The summed E-state index contributed by atoms with van der Waals surface area (Å²) in [4.78, 5) is 10.4. The van der Waals surface area contributed by atoms with Gasteiger partial charge < -0.3 is 15.2 Å². The number of aliphatic carboxylic acids is 1. The molecule has 0 saturated carbocycles. The predicted octanol–water partition coefficient (Wildman–Crippen LogP) is 4.01. The van der Waals surface area contributed by atoms with Crippen LogP contribution in [0.4, 0.5) is 18.9 Å². The second-order valence-electron chi connectivity index (χ2n) is 4.17. The SMILES string of the molecule is CC(CCC(=O)O)Nc1ccc(Br)cc1OC(F)(F)F. The maximum absolute atomic E-state index is 12.3. The van der Waals surface area contributed by atoms with Gasteiger partial charge in [-0.2, -0.15) is 0 Å². The summed E-state index contributed by atoms with van der Waals surface area (Å²) in [7, 11) is 0. The van der Waals surface area contributed by atoms with E-state index in [0.717, 1.165) is 0 Å². The first-order valence-electron chi connectivity index (χ1n) is 5.71. The van der Waals surface area contributed by atoms with Crippen molar-refractivity contribution in [2.45, 2.75) is 32.2 Å². The molecular weight excluding hydrogens is 343 g/mol. The Hall–Kier alpha value is -1.44. The molecule has 0 saturated heterocycles. The third-order valence-electron chi connectivity index (χ3n) is 2.36. The number of halogens is 4. The number of hydrogen-bond donors (Lipinski definition) is 2. The molecule has 1 aromatic carbocycles. The van der Waals surface area contributed by atoms with Gasteiger partial charge in [0.05, 0.1) is 5.69 Å². The van der Waals surface area contributed by atoms with E-state index >= 15 is 0 Å². The van der Waals surface area contributed by atoms with Crippen LogP contribution in [0.25, 0.3) is 0 Å². The first-order valence-corrected chi connectivity index (χ1v) is 6.50. The van der Waals surface area contributed by atoms with E-state index < -0.39 is 12.3 Å². The second-order valence-corrected chi connectivity index (χ2v) is 5.08. The van der Waals surface area contributed by atoms with Gasteiger partial charge >= 0.3 is 12.3 Å². The van der Waals surface area contributed by atoms with Crippen molar-refractivity contribution in [1.82, 2.24) is 0 Å². The maximum atomic E-state index is 12.3. The summed E-state index contributed by atoms with van der Waals surface area (Å²) in [6.45, 7) is 1.68. The Bertz CT molecular complexity index is 480. The Morgan fingerprint density at radius 1 is 1.50 bits per heavy atom. The van der Waals surface area contributed by atoms with E-state index in [-0.39, 0.29) is 30.3 Å². The molecule has 8 heteroatoms. The molecule has 0 aliphatic heterocycles. The molecule has 1 atom stereocenters. The monoisotopic (exact) mass is 355 g/mol. The molecular formula is C12H13BrF3NO3. The maximum Gasteiger partial charge on any atom is 0.573 e. The lowest BCUT2D eigenvalue weighted by atomic mass is 10.1. The smallest absolute Gasteiger partial charge is 0.481 e. The summed E-state index contributed by atoms with van der Waals surface area (Å²) in [5.74, 6) is -1.32. The van der Waals surface area contributed by atoms with E-state index in [4.69, 9.17) is 5.11 Å². The fraction of sp³-hybridized carbons (Fsp3) is 0.417. The summed E-state index contributed by atoms with van der Waals surface area (Å²) < 4.78 is 41.3. The lowest BCUT2D eigenvalue weighted by Crippen LogP contribution is -2.21. The van der Waals surface area contributed by atoms with E-state index in [1.54, 1.807) is 13.0 Å². The van der Waals surface area contributed by atoms with Crippen LogP contribution in [-0.2, 0) is 4.79 Å². The van der Waals surface area contributed by atoms with Crippen molar-refractivity contribution >= 4 is 27.6 Å². The molecule has 1 rings (SSSR count). The minimum Gasteiger partial charge on any atom is -0.481 e. The van der Waals surface area contributed by atoms with Crippen molar-refractivity contribution < 1.29 is 27.8 Å². The molecule has 0 heterocycles. The van der Waals surface area contributed by atoms with Gasteiger partial charge in [0.1, 0.15) is 0 Å². The Labute approximate surface area is 122 Å². The Kier molecular flexibility index (Phi) is 5.67. The van der Waals surface area contributed by atoms with Gasteiger partial charge in [-0.25, -0.2) is 0 Å². The minimum absolute atomic E-state index is 0.0693. The lowest BCUT2D eigenvalue weighted by Gasteiger charge is -2.18. The molecule has 0 aromatic heterocycles. The molecule has 4 nitrogen and oxygen atoms in total. The van der Waals surface area contributed by atoms with Crippen molar-refractivity contribution in [3.8, 4) is 5.75 Å². The highest BCUT2D eigenvalue weighted by Gasteiger charge is 2.32. The van der Waals surface area contributed by atoms with Gasteiger partial charge in [-0.3, -0.25) is 4.79 Å². The van der Waals surface area contributed by atoms with E-state index in [1.165, 1.54) is 12.1 Å². The van der Waals surface area contributed by atoms with Crippen molar-refractivity contribution in [2.75, 3.05) is 5.32 Å². The molecule has 1 unspecified atom stereocenters. The van der Waals surface area contributed by atoms with Crippen LogP contribution in [0.5, 0.6) is 5.75 Å². The van der Waals surface area contributed by atoms with Gasteiger partial charge in [-0.1, -0.05) is 15.9 Å². The molecule has 0 fully saturated rings. The van der Waals surface area contributed by atoms with Crippen LogP contribution in [0.1, 0.15) is 19.8 Å². The highest BCUT2D eigenvalue weighted by Crippen LogP contribution is 2.33. The number of rotatable bonds is 6. The molecule has 112 valence electrons. The minimum atomic E-state index is -4.79. The Morgan fingerprint density at radius 2 is 2.15 bits per heavy atom. The standard InChI is InChI=1S/C12H13BrF3NO3/c1-7(2-5-11(18)19)17-9-4-3-8(13)6-10(9)20-12(14,15)16/h3-4,6-7,17H,2,5H2,1H3,(H,18,19). The molecule has 0 bridgehead atoms. The first kappa shape index (κ1) is 16.6. The zero-order chi connectivity index (χ0) is 15.3. The topological polar surface area (TPSA) is 58.6 Å².